The molecule has 0 spiro atoms. The minimum absolute atomic E-state index is 0.194. The topological polar surface area (TPSA) is 21.1 Å². The molecule has 2 heterocycles. The summed E-state index contributed by atoms with van der Waals surface area (Å²) in [5, 5.41) is 0. The smallest absolute Gasteiger partial charge is 0.0950 e. The van der Waals surface area contributed by atoms with Crippen molar-refractivity contribution in [2.75, 3.05) is 19.6 Å². The van der Waals surface area contributed by atoms with Crippen LogP contribution in [0.2, 0.25) is 0 Å². The predicted molar refractivity (Wildman–Crippen MR) is 61.8 cm³/mol. The molecule has 0 N–H and O–H groups in total. The van der Waals surface area contributed by atoms with E-state index in [2.05, 4.69) is 34.5 Å². The third-order valence-electron chi connectivity index (χ3n) is 3.44. The average Bonchev–Trinajstić information content (AvgIpc) is 2.88. The van der Waals surface area contributed by atoms with Crippen molar-refractivity contribution in [2.24, 2.45) is 0 Å². The van der Waals surface area contributed by atoms with Gasteiger partial charge in [-0.25, -0.2) is 4.98 Å². The summed E-state index contributed by atoms with van der Waals surface area (Å²) < 4.78 is 2.21. The Kier molecular flexibility index (Phi) is 3.10. The third kappa shape index (κ3) is 2.59. The van der Waals surface area contributed by atoms with E-state index in [1.165, 1.54) is 38.9 Å². The monoisotopic (exact) mass is 207 g/mol. The maximum absolute atomic E-state index is 4.12. The Morgan fingerprint density at radius 1 is 1.27 bits per heavy atom. The van der Waals surface area contributed by atoms with E-state index in [1.54, 1.807) is 0 Å². The quantitative estimate of drug-likeness (QED) is 0.754. The zero-order valence-electron chi connectivity index (χ0n) is 9.82. The molecule has 0 unspecified atom stereocenters. The number of rotatable bonds is 4. The fraction of sp³-hybridized carbons (Fsp3) is 0.750. The van der Waals surface area contributed by atoms with Gasteiger partial charge >= 0.3 is 0 Å². The Morgan fingerprint density at radius 3 is 2.60 bits per heavy atom. The van der Waals surface area contributed by atoms with Crippen molar-refractivity contribution in [3.05, 3.63) is 18.7 Å². The van der Waals surface area contributed by atoms with Crippen molar-refractivity contribution in [1.82, 2.24) is 14.5 Å². The summed E-state index contributed by atoms with van der Waals surface area (Å²) in [5.41, 5.74) is 0.194. The van der Waals surface area contributed by atoms with E-state index in [0.29, 0.717) is 0 Å². The third-order valence-corrected chi connectivity index (χ3v) is 3.44. The molecule has 0 bridgehead atoms. The van der Waals surface area contributed by atoms with Gasteiger partial charge in [0.25, 0.3) is 0 Å². The molecule has 3 nitrogen and oxygen atoms in total. The first-order chi connectivity index (χ1) is 7.18. The van der Waals surface area contributed by atoms with Crippen LogP contribution in [0.5, 0.6) is 0 Å². The lowest BCUT2D eigenvalue weighted by Gasteiger charge is -2.28. The molecule has 1 fully saturated rings. The molecular formula is C12H21N3. The molecular weight excluding hydrogens is 186 g/mol. The van der Waals surface area contributed by atoms with Crippen molar-refractivity contribution in [3.63, 3.8) is 0 Å². The molecule has 15 heavy (non-hydrogen) atoms. The Morgan fingerprint density at radius 2 is 2.00 bits per heavy atom. The number of nitrogens with zero attached hydrogens (tertiary/aromatic N) is 3. The fourth-order valence-corrected chi connectivity index (χ4v) is 2.18. The van der Waals surface area contributed by atoms with Crippen LogP contribution in [0.15, 0.2) is 18.7 Å². The maximum atomic E-state index is 4.12. The lowest BCUT2D eigenvalue weighted by molar-refractivity contribution is 0.248. The highest BCUT2D eigenvalue weighted by atomic mass is 15.1. The molecule has 0 saturated carbocycles. The van der Waals surface area contributed by atoms with Crippen molar-refractivity contribution in [1.29, 1.82) is 0 Å². The molecule has 0 amide bonds. The van der Waals surface area contributed by atoms with Gasteiger partial charge in [-0.3, -0.25) is 0 Å². The summed E-state index contributed by atoms with van der Waals surface area (Å²) in [6.45, 7) is 8.36. The Balaban J connectivity index is 1.87. The number of hydrogen-bond donors (Lipinski definition) is 0. The lowest BCUT2D eigenvalue weighted by atomic mass is 10.0. The van der Waals surface area contributed by atoms with Gasteiger partial charge in [0.1, 0.15) is 0 Å². The van der Waals surface area contributed by atoms with Crippen LogP contribution in [-0.2, 0) is 5.54 Å². The van der Waals surface area contributed by atoms with Crippen molar-refractivity contribution >= 4 is 0 Å². The molecule has 1 aliphatic heterocycles. The highest BCUT2D eigenvalue weighted by Crippen LogP contribution is 2.20. The second kappa shape index (κ2) is 4.35. The average molecular weight is 207 g/mol. The second-order valence-corrected chi connectivity index (χ2v) is 5.08. The van der Waals surface area contributed by atoms with Crippen LogP contribution in [-0.4, -0.2) is 34.1 Å². The lowest BCUT2D eigenvalue weighted by Crippen LogP contribution is -2.31. The van der Waals surface area contributed by atoms with Gasteiger partial charge in [-0.2, -0.15) is 0 Å². The van der Waals surface area contributed by atoms with E-state index >= 15 is 0 Å². The molecule has 1 aliphatic rings. The molecule has 1 aromatic heterocycles. The largest absolute Gasteiger partial charge is 0.332 e. The van der Waals surface area contributed by atoms with Crippen LogP contribution >= 0.6 is 0 Å². The fourth-order valence-electron chi connectivity index (χ4n) is 2.18. The van der Waals surface area contributed by atoms with Gasteiger partial charge in [0.05, 0.1) is 6.33 Å². The van der Waals surface area contributed by atoms with Gasteiger partial charge in [-0.1, -0.05) is 0 Å². The van der Waals surface area contributed by atoms with E-state index in [9.17, 15) is 0 Å². The summed E-state index contributed by atoms with van der Waals surface area (Å²) in [7, 11) is 0. The van der Waals surface area contributed by atoms with Crippen molar-refractivity contribution < 1.29 is 0 Å². The van der Waals surface area contributed by atoms with Gasteiger partial charge in [0, 0.05) is 24.5 Å². The van der Waals surface area contributed by atoms with Crippen LogP contribution < -0.4 is 0 Å². The van der Waals surface area contributed by atoms with Crippen LogP contribution in [0.1, 0.15) is 33.1 Å². The highest BCUT2D eigenvalue weighted by Gasteiger charge is 2.21. The SMILES string of the molecule is CC(C)(CCN1CCCC1)n1ccnc1. The summed E-state index contributed by atoms with van der Waals surface area (Å²) in [6, 6.07) is 0. The molecule has 0 radical (unpaired) electrons. The number of hydrogen-bond acceptors (Lipinski definition) is 2. The van der Waals surface area contributed by atoms with E-state index in [0.717, 1.165) is 0 Å². The van der Waals surface area contributed by atoms with Crippen LogP contribution in [0.3, 0.4) is 0 Å². The Bertz CT molecular complexity index is 284. The van der Waals surface area contributed by atoms with E-state index in [1.807, 2.05) is 12.5 Å². The summed E-state index contributed by atoms with van der Waals surface area (Å²) in [6.07, 6.45) is 9.80. The maximum Gasteiger partial charge on any atom is 0.0950 e. The summed E-state index contributed by atoms with van der Waals surface area (Å²) in [4.78, 5) is 6.69. The van der Waals surface area contributed by atoms with Crippen molar-refractivity contribution in [2.45, 2.75) is 38.6 Å². The van der Waals surface area contributed by atoms with Crippen molar-refractivity contribution in [3.8, 4) is 0 Å². The molecule has 3 heteroatoms. The van der Waals surface area contributed by atoms with Crippen LogP contribution in [0.25, 0.3) is 0 Å². The molecule has 0 aliphatic carbocycles. The second-order valence-electron chi connectivity index (χ2n) is 5.08. The first kappa shape index (κ1) is 10.7. The van der Waals surface area contributed by atoms with Crippen LogP contribution in [0, 0.1) is 0 Å². The molecule has 1 aromatic rings. The van der Waals surface area contributed by atoms with E-state index in [4.69, 9.17) is 0 Å². The molecule has 1 saturated heterocycles. The minimum atomic E-state index is 0.194. The Labute approximate surface area is 92.1 Å². The zero-order valence-corrected chi connectivity index (χ0v) is 9.82. The number of imidazole rings is 1. The summed E-state index contributed by atoms with van der Waals surface area (Å²) in [5.74, 6) is 0. The standard InChI is InChI=1S/C12H21N3/c1-12(2,15-10-6-13-11-15)5-9-14-7-3-4-8-14/h6,10-11H,3-5,7-9H2,1-2H3. The van der Waals surface area contributed by atoms with Crippen LogP contribution in [0.4, 0.5) is 0 Å². The van der Waals surface area contributed by atoms with E-state index < -0.39 is 0 Å². The van der Waals surface area contributed by atoms with Gasteiger partial charge in [0.15, 0.2) is 0 Å². The van der Waals surface area contributed by atoms with Gasteiger partial charge < -0.3 is 9.47 Å². The number of likely N-dealkylation sites (tertiary alicyclic amines) is 1. The molecule has 2 rings (SSSR count). The Hall–Kier alpha value is -0.830. The summed E-state index contributed by atoms with van der Waals surface area (Å²) >= 11 is 0. The predicted octanol–water partition coefficient (Wildman–Crippen LogP) is 2.10. The molecule has 84 valence electrons. The van der Waals surface area contributed by atoms with E-state index in [-0.39, 0.29) is 5.54 Å². The molecule has 0 atom stereocenters. The highest BCUT2D eigenvalue weighted by molar-refractivity contribution is 4.87. The minimum Gasteiger partial charge on any atom is -0.332 e. The van der Waals surface area contributed by atoms with Gasteiger partial charge in [0.2, 0.25) is 0 Å². The van der Waals surface area contributed by atoms with Gasteiger partial charge in [-0.05, 0) is 46.2 Å². The zero-order chi connectivity index (χ0) is 10.7. The molecule has 0 aromatic carbocycles. The normalized spacial score (nSPS) is 18.5. The first-order valence-electron chi connectivity index (χ1n) is 5.89. The first-order valence-corrected chi connectivity index (χ1v) is 5.89. The van der Waals surface area contributed by atoms with Gasteiger partial charge in [-0.15, -0.1) is 0 Å². The number of aromatic nitrogens is 2.